The molecule has 1 aromatic rings. The van der Waals surface area contributed by atoms with Crippen molar-refractivity contribution >= 4 is 11.8 Å². The summed E-state index contributed by atoms with van der Waals surface area (Å²) >= 11 is 2.02. The van der Waals surface area contributed by atoms with E-state index < -0.39 is 0 Å². The minimum atomic E-state index is -0.160. The Balaban J connectivity index is 1.80. The van der Waals surface area contributed by atoms with Crippen LogP contribution in [0.1, 0.15) is 43.2 Å². The summed E-state index contributed by atoms with van der Waals surface area (Å²) in [6, 6.07) is 5.11. The second-order valence-electron chi connectivity index (χ2n) is 5.63. The molecule has 19 heavy (non-hydrogen) atoms. The predicted octanol–water partition coefficient (Wildman–Crippen LogP) is 4.07. The SMILES string of the molecule is Cc1ccc(F)cc1CC(N)CSC1CCCCC1. The molecule has 1 atom stereocenters. The molecule has 0 bridgehead atoms. The van der Waals surface area contributed by atoms with Gasteiger partial charge in [-0.05, 0) is 49.4 Å². The third-order valence-electron chi connectivity index (χ3n) is 3.89. The van der Waals surface area contributed by atoms with Crippen molar-refractivity contribution in [2.75, 3.05) is 5.75 Å². The molecule has 1 saturated carbocycles. The van der Waals surface area contributed by atoms with E-state index in [0.717, 1.165) is 28.6 Å². The molecule has 2 N–H and O–H groups in total. The van der Waals surface area contributed by atoms with Gasteiger partial charge in [0.1, 0.15) is 5.82 Å². The van der Waals surface area contributed by atoms with E-state index in [1.807, 2.05) is 24.8 Å². The van der Waals surface area contributed by atoms with Crippen LogP contribution in [0.3, 0.4) is 0 Å². The maximum absolute atomic E-state index is 13.2. The topological polar surface area (TPSA) is 26.0 Å². The van der Waals surface area contributed by atoms with E-state index >= 15 is 0 Å². The van der Waals surface area contributed by atoms with Crippen LogP contribution in [-0.2, 0) is 6.42 Å². The Bertz CT molecular complexity index is 402. The number of nitrogens with two attached hydrogens (primary N) is 1. The minimum absolute atomic E-state index is 0.132. The molecule has 0 aromatic heterocycles. The summed E-state index contributed by atoms with van der Waals surface area (Å²) in [5, 5.41) is 0.799. The second-order valence-corrected chi connectivity index (χ2v) is 6.96. The highest BCUT2D eigenvalue weighted by atomic mass is 32.2. The molecule has 0 heterocycles. The fourth-order valence-corrected chi connectivity index (χ4v) is 4.00. The fraction of sp³-hybridized carbons (Fsp3) is 0.625. The molecule has 106 valence electrons. The van der Waals surface area contributed by atoms with Crippen LogP contribution in [0.5, 0.6) is 0 Å². The summed E-state index contributed by atoms with van der Waals surface area (Å²) in [6.07, 6.45) is 7.60. The van der Waals surface area contributed by atoms with Crippen molar-refractivity contribution < 1.29 is 4.39 Å². The van der Waals surface area contributed by atoms with Crippen LogP contribution in [0.2, 0.25) is 0 Å². The first-order chi connectivity index (χ1) is 9.15. The maximum Gasteiger partial charge on any atom is 0.123 e. The molecule has 0 spiro atoms. The number of hydrogen-bond acceptors (Lipinski definition) is 2. The van der Waals surface area contributed by atoms with E-state index in [9.17, 15) is 4.39 Å². The molecule has 1 fully saturated rings. The zero-order valence-electron chi connectivity index (χ0n) is 11.7. The average molecular weight is 281 g/mol. The van der Waals surface area contributed by atoms with E-state index in [0.29, 0.717) is 0 Å². The van der Waals surface area contributed by atoms with E-state index in [1.54, 1.807) is 6.07 Å². The third kappa shape index (κ3) is 4.81. The maximum atomic E-state index is 13.2. The summed E-state index contributed by atoms with van der Waals surface area (Å²) in [4.78, 5) is 0. The van der Waals surface area contributed by atoms with Gasteiger partial charge in [0, 0.05) is 17.0 Å². The monoisotopic (exact) mass is 281 g/mol. The van der Waals surface area contributed by atoms with Gasteiger partial charge in [-0.25, -0.2) is 4.39 Å². The lowest BCUT2D eigenvalue weighted by molar-refractivity contribution is 0.515. The van der Waals surface area contributed by atoms with Gasteiger partial charge in [0.25, 0.3) is 0 Å². The minimum Gasteiger partial charge on any atom is -0.327 e. The van der Waals surface area contributed by atoms with Gasteiger partial charge in [-0.1, -0.05) is 25.3 Å². The average Bonchev–Trinajstić information content (AvgIpc) is 2.42. The van der Waals surface area contributed by atoms with E-state index in [-0.39, 0.29) is 11.9 Å². The zero-order chi connectivity index (χ0) is 13.7. The van der Waals surface area contributed by atoms with E-state index in [1.165, 1.54) is 38.2 Å². The highest BCUT2D eigenvalue weighted by molar-refractivity contribution is 7.99. The summed E-state index contributed by atoms with van der Waals surface area (Å²) in [6.45, 7) is 2.02. The molecule has 1 nitrogen and oxygen atoms in total. The molecule has 2 rings (SSSR count). The van der Waals surface area contributed by atoms with Gasteiger partial charge < -0.3 is 5.73 Å². The molecule has 1 unspecified atom stereocenters. The standard InChI is InChI=1S/C16H24FNS/c1-12-7-8-14(17)9-13(12)10-15(18)11-19-16-5-3-2-4-6-16/h7-9,15-16H,2-6,10-11,18H2,1H3. The molecular weight excluding hydrogens is 257 g/mol. The summed E-state index contributed by atoms with van der Waals surface area (Å²) in [5.74, 6) is 0.827. The van der Waals surface area contributed by atoms with E-state index in [4.69, 9.17) is 5.73 Å². The van der Waals surface area contributed by atoms with Crippen molar-refractivity contribution in [3.05, 3.63) is 35.1 Å². The first kappa shape index (κ1) is 14.9. The molecule has 1 aliphatic rings. The molecule has 3 heteroatoms. The largest absolute Gasteiger partial charge is 0.327 e. The predicted molar refractivity (Wildman–Crippen MR) is 82.1 cm³/mol. The Morgan fingerprint density at radius 2 is 2.05 bits per heavy atom. The highest BCUT2D eigenvalue weighted by Gasteiger charge is 2.15. The van der Waals surface area contributed by atoms with Crippen LogP contribution in [-0.4, -0.2) is 17.0 Å². The molecule has 1 aromatic carbocycles. The summed E-state index contributed by atoms with van der Waals surface area (Å²) in [7, 11) is 0. The normalized spacial score (nSPS) is 18.5. The van der Waals surface area contributed by atoms with Crippen molar-refractivity contribution in [1.82, 2.24) is 0 Å². The fourth-order valence-electron chi connectivity index (χ4n) is 2.69. The van der Waals surface area contributed by atoms with Crippen molar-refractivity contribution in [2.24, 2.45) is 5.73 Å². The van der Waals surface area contributed by atoms with Gasteiger partial charge in [0.15, 0.2) is 0 Å². The lowest BCUT2D eigenvalue weighted by Gasteiger charge is -2.22. The lowest BCUT2D eigenvalue weighted by atomic mass is 10.0. The van der Waals surface area contributed by atoms with Crippen LogP contribution in [0.4, 0.5) is 4.39 Å². The van der Waals surface area contributed by atoms with Crippen molar-refractivity contribution in [3.63, 3.8) is 0 Å². The molecule has 0 saturated heterocycles. The van der Waals surface area contributed by atoms with Gasteiger partial charge in [0.05, 0.1) is 0 Å². The first-order valence-electron chi connectivity index (χ1n) is 7.27. The smallest absolute Gasteiger partial charge is 0.123 e. The lowest BCUT2D eigenvalue weighted by Crippen LogP contribution is -2.27. The number of thioether (sulfide) groups is 1. The summed E-state index contributed by atoms with van der Waals surface area (Å²) < 4.78 is 13.2. The van der Waals surface area contributed by atoms with Crippen molar-refractivity contribution in [1.29, 1.82) is 0 Å². The van der Waals surface area contributed by atoms with Crippen LogP contribution in [0.25, 0.3) is 0 Å². The zero-order valence-corrected chi connectivity index (χ0v) is 12.5. The number of benzene rings is 1. The number of rotatable bonds is 5. The summed E-state index contributed by atoms with van der Waals surface area (Å²) in [5.41, 5.74) is 8.39. The molecule has 1 aliphatic carbocycles. The van der Waals surface area contributed by atoms with Crippen LogP contribution in [0.15, 0.2) is 18.2 Å². The van der Waals surface area contributed by atoms with Crippen LogP contribution < -0.4 is 5.73 Å². The van der Waals surface area contributed by atoms with Gasteiger partial charge in [-0.15, -0.1) is 0 Å². The molecule has 0 aliphatic heterocycles. The van der Waals surface area contributed by atoms with Gasteiger partial charge in [-0.2, -0.15) is 11.8 Å². The second kappa shape index (κ2) is 7.30. The Kier molecular flexibility index (Phi) is 5.71. The van der Waals surface area contributed by atoms with Crippen LogP contribution >= 0.6 is 11.8 Å². The highest BCUT2D eigenvalue weighted by Crippen LogP contribution is 2.28. The van der Waals surface area contributed by atoms with Crippen LogP contribution in [0, 0.1) is 12.7 Å². The quantitative estimate of drug-likeness (QED) is 0.880. The number of aryl methyl sites for hydroxylation is 1. The number of hydrogen-bond donors (Lipinski definition) is 1. The molecular formula is C16H24FNS. The first-order valence-corrected chi connectivity index (χ1v) is 8.32. The Morgan fingerprint density at radius 3 is 2.79 bits per heavy atom. The van der Waals surface area contributed by atoms with Gasteiger partial charge in [-0.3, -0.25) is 0 Å². The van der Waals surface area contributed by atoms with Crippen molar-refractivity contribution in [2.45, 2.75) is 56.7 Å². The Labute approximate surface area is 120 Å². The molecule has 0 amide bonds. The number of halogens is 1. The van der Waals surface area contributed by atoms with Crippen molar-refractivity contribution in [3.8, 4) is 0 Å². The Hall–Kier alpha value is -0.540. The van der Waals surface area contributed by atoms with Gasteiger partial charge in [0.2, 0.25) is 0 Å². The van der Waals surface area contributed by atoms with E-state index in [2.05, 4.69) is 0 Å². The molecule has 0 radical (unpaired) electrons. The third-order valence-corrected chi connectivity index (χ3v) is 5.45. The Morgan fingerprint density at radius 1 is 1.32 bits per heavy atom. The van der Waals surface area contributed by atoms with Gasteiger partial charge >= 0.3 is 0 Å².